The molecule has 0 aromatic heterocycles. The number of benzene rings is 1. The van der Waals surface area contributed by atoms with Crippen LogP contribution in [0.5, 0.6) is 11.5 Å². The van der Waals surface area contributed by atoms with E-state index in [0.29, 0.717) is 24.5 Å². The highest BCUT2D eigenvalue weighted by molar-refractivity contribution is 5.46. The van der Waals surface area contributed by atoms with Gasteiger partial charge in [0.1, 0.15) is 0 Å². The molecule has 1 aromatic rings. The molecule has 1 aromatic carbocycles. The maximum Gasteiger partial charge on any atom is 0.162 e. The minimum absolute atomic E-state index is 0.570. The lowest BCUT2D eigenvalue weighted by molar-refractivity contribution is 0.271. The summed E-state index contributed by atoms with van der Waals surface area (Å²) >= 11 is 0. The average molecular weight is 233 g/mol. The van der Waals surface area contributed by atoms with Crippen LogP contribution in [0.3, 0.4) is 0 Å². The van der Waals surface area contributed by atoms with Crippen molar-refractivity contribution in [1.82, 2.24) is 0 Å². The zero-order chi connectivity index (χ0) is 12.5. The zero-order valence-electron chi connectivity index (χ0n) is 10.5. The van der Waals surface area contributed by atoms with Crippen LogP contribution in [0.15, 0.2) is 18.2 Å². The summed E-state index contributed by atoms with van der Waals surface area (Å²) in [6.45, 7) is 5.34. The van der Waals surface area contributed by atoms with Crippen molar-refractivity contribution in [2.75, 3.05) is 13.2 Å². The van der Waals surface area contributed by atoms with Crippen LogP contribution in [0.4, 0.5) is 0 Å². The largest absolute Gasteiger partial charge is 0.490 e. The minimum Gasteiger partial charge on any atom is -0.490 e. The molecule has 1 rings (SSSR count). The SMILES string of the molecule is CCCCCOc1ccc(C#N)cc1OCC. The van der Waals surface area contributed by atoms with Gasteiger partial charge in [0, 0.05) is 6.07 Å². The lowest BCUT2D eigenvalue weighted by atomic mass is 10.2. The van der Waals surface area contributed by atoms with Crippen molar-refractivity contribution in [3.8, 4) is 17.6 Å². The molecule has 0 aliphatic heterocycles. The van der Waals surface area contributed by atoms with Gasteiger partial charge in [-0.2, -0.15) is 5.26 Å². The van der Waals surface area contributed by atoms with Crippen molar-refractivity contribution in [3.05, 3.63) is 23.8 Å². The van der Waals surface area contributed by atoms with E-state index in [0.717, 1.165) is 12.2 Å². The molecule has 0 aliphatic carbocycles. The van der Waals surface area contributed by atoms with Crippen molar-refractivity contribution >= 4 is 0 Å². The Hall–Kier alpha value is -1.69. The summed E-state index contributed by atoms with van der Waals surface area (Å²) in [5.41, 5.74) is 0.592. The van der Waals surface area contributed by atoms with E-state index in [4.69, 9.17) is 14.7 Å². The second kappa shape index (κ2) is 7.56. The highest BCUT2D eigenvalue weighted by atomic mass is 16.5. The van der Waals surface area contributed by atoms with Gasteiger partial charge >= 0.3 is 0 Å². The summed E-state index contributed by atoms with van der Waals surface area (Å²) in [6, 6.07) is 7.36. The standard InChI is InChI=1S/C14H19NO2/c1-3-5-6-9-17-13-8-7-12(11-15)10-14(13)16-4-2/h7-8,10H,3-6,9H2,1-2H3. The van der Waals surface area contributed by atoms with Crippen molar-refractivity contribution in [1.29, 1.82) is 5.26 Å². The first-order valence-corrected chi connectivity index (χ1v) is 6.11. The number of unbranched alkanes of at least 4 members (excludes halogenated alkanes) is 2. The van der Waals surface area contributed by atoms with E-state index in [1.807, 2.05) is 6.92 Å². The summed E-state index contributed by atoms with van der Waals surface area (Å²) < 4.78 is 11.1. The average Bonchev–Trinajstić information content (AvgIpc) is 2.36. The number of hydrogen-bond donors (Lipinski definition) is 0. The number of nitriles is 1. The summed E-state index contributed by atoms with van der Waals surface area (Å²) in [5, 5.41) is 8.82. The molecule has 0 saturated carbocycles. The maximum atomic E-state index is 8.82. The lowest BCUT2D eigenvalue weighted by Crippen LogP contribution is -2.01. The van der Waals surface area contributed by atoms with Crippen LogP contribution in [-0.4, -0.2) is 13.2 Å². The Morgan fingerprint density at radius 1 is 1.12 bits per heavy atom. The molecule has 0 radical (unpaired) electrons. The smallest absolute Gasteiger partial charge is 0.162 e. The quantitative estimate of drug-likeness (QED) is 0.676. The van der Waals surface area contributed by atoms with Gasteiger partial charge in [-0.15, -0.1) is 0 Å². The van der Waals surface area contributed by atoms with Gasteiger partial charge < -0.3 is 9.47 Å². The van der Waals surface area contributed by atoms with Gasteiger partial charge in [0.25, 0.3) is 0 Å². The van der Waals surface area contributed by atoms with Gasteiger partial charge in [0.15, 0.2) is 11.5 Å². The van der Waals surface area contributed by atoms with Gasteiger partial charge in [-0.05, 0) is 25.5 Å². The topological polar surface area (TPSA) is 42.2 Å². The first-order chi connectivity index (χ1) is 8.31. The molecule has 0 heterocycles. The number of nitrogens with zero attached hydrogens (tertiary/aromatic N) is 1. The highest BCUT2D eigenvalue weighted by Crippen LogP contribution is 2.28. The maximum absolute atomic E-state index is 8.82. The third-order valence-electron chi connectivity index (χ3n) is 2.38. The van der Waals surface area contributed by atoms with Crippen LogP contribution in [0.25, 0.3) is 0 Å². The van der Waals surface area contributed by atoms with Crippen LogP contribution >= 0.6 is 0 Å². The van der Waals surface area contributed by atoms with Crippen molar-refractivity contribution in [2.45, 2.75) is 33.1 Å². The molecule has 3 heteroatoms. The van der Waals surface area contributed by atoms with Crippen molar-refractivity contribution < 1.29 is 9.47 Å². The Balaban J connectivity index is 2.66. The second-order valence-electron chi connectivity index (χ2n) is 3.76. The van der Waals surface area contributed by atoms with Gasteiger partial charge in [-0.3, -0.25) is 0 Å². The summed E-state index contributed by atoms with van der Waals surface area (Å²) in [6.07, 6.45) is 3.39. The number of rotatable bonds is 7. The fraction of sp³-hybridized carbons (Fsp3) is 0.500. The zero-order valence-corrected chi connectivity index (χ0v) is 10.5. The predicted molar refractivity (Wildman–Crippen MR) is 67.3 cm³/mol. The molecule has 0 aliphatic rings. The molecule has 0 unspecified atom stereocenters. The van der Waals surface area contributed by atoms with Crippen LogP contribution in [0.1, 0.15) is 38.7 Å². The Kier molecular flexibility index (Phi) is 5.95. The van der Waals surface area contributed by atoms with Gasteiger partial charge in [0.05, 0.1) is 24.8 Å². The molecule has 0 saturated heterocycles. The van der Waals surface area contributed by atoms with E-state index >= 15 is 0 Å². The molecule has 3 nitrogen and oxygen atoms in total. The predicted octanol–water partition coefficient (Wildman–Crippen LogP) is 3.53. The number of hydrogen-bond acceptors (Lipinski definition) is 3. The fourth-order valence-corrected chi connectivity index (χ4v) is 1.50. The molecule has 0 N–H and O–H groups in total. The van der Waals surface area contributed by atoms with Crippen molar-refractivity contribution in [3.63, 3.8) is 0 Å². The molecule has 0 spiro atoms. The summed E-state index contributed by atoms with van der Waals surface area (Å²) in [7, 11) is 0. The van der Waals surface area contributed by atoms with Crippen LogP contribution in [-0.2, 0) is 0 Å². The fourth-order valence-electron chi connectivity index (χ4n) is 1.50. The molecule has 0 amide bonds. The van der Waals surface area contributed by atoms with E-state index in [2.05, 4.69) is 13.0 Å². The monoisotopic (exact) mass is 233 g/mol. The first-order valence-electron chi connectivity index (χ1n) is 6.11. The molecule has 0 bridgehead atoms. The minimum atomic E-state index is 0.570. The van der Waals surface area contributed by atoms with Crippen LogP contribution in [0, 0.1) is 11.3 Å². The Bertz CT molecular complexity index is 382. The highest BCUT2D eigenvalue weighted by Gasteiger charge is 2.06. The van der Waals surface area contributed by atoms with E-state index in [1.54, 1.807) is 18.2 Å². The van der Waals surface area contributed by atoms with Gasteiger partial charge in [-0.1, -0.05) is 19.8 Å². The number of ether oxygens (including phenoxy) is 2. The molecular weight excluding hydrogens is 214 g/mol. The Morgan fingerprint density at radius 3 is 2.59 bits per heavy atom. The third kappa shape index (κ3) is 4.36. The summed E-state index contributed by atoms with van der Waals surface area (Å²) in [4.78, 5) is 0. The third-order valence-corrected chi connectivity index (χ3v) is 2.38. The van der Waals surface area contributed by atoms with E-state index in [1.165, 1.54) is 12.8 Å². The normalized spacial score (nSPS) is 9.71. The lowest BCUT2D eigenvalue weighted by Gasteiger charge is -2.11. The van der Waals surface area contributed by atoms with E-state index in [-0.39, 0.29) is 0 Å². The summed E-state index contributed by atoms with van der Waals surface area (Å²) in [5.74, 6) is 1.38. The van der Waals surface area contributed by atoms with Crippen LogP contribution in [0.2, 0.25) is 0 Å². The van der Waals surface area contributed by atoms with Crippen LogP contribution < -0.4 is 9.47 Å². The van der Waals surface area contributed by atoms with E-state index in [9.17, 15) is 0 Å². The van der Waals surface area contributed by atoms with Gasteiger partial charge in [0.2, 0.25) is 0 Å². The molecule has 0 atom stereocenters. The Morgan fingerprint density at radius 2 is 1.94 bits per heavy atom. The Labute approximate surface area is 103 Å². The molecule has 92 valence electrons. The van der Waals surface area contributed by atoms with E-state index < -0.39 is 0 Å². The molecule has 17 heavy (non-hydrogen) atoms. The van der Waals surface area contributed by atoms with Gasteiger partial charge in [-0.25, -0.2) is 0 Å². The molecular formula is C14H19NO2. The second-order valence-corrected chi connectivity index (χ2v) is 3.76. The molecule has 0 fully saturated rings. The first kappa shape index (κ1) is 13.4. The van der Waals surface area contributed by atoms with Crippen molar-refractivity contribution in [2.24, 2.45) is 0 Å².